The highest BCUT2D eigenvalue weighted by atomic mass is 79.9. The van der Waals surface area contributed by atoms with Gasteiger partial charge in [0.1, 0.15) is 11.2 Å². The summed E-state index contributed by atoms with van der Waals surface area (Å²) in [5.41, 5.74) is -1.29. The molecule has 0 rings (SSSR count). The van der Waals surface area contributed by atoms with E-state index in [4.69, 9.17) is 9.47 Å². The number of hydrogen-bond acceptors (Lipinski definition) is 4. The average molecular weight is 366 g/mol. The van der Waals surface area contributed by atoms with Gasteiger partial charge in [-0.15, -0.1) is 0 Å². The van der Waals surface area contributed by atoms with Crippen LogP contribution in [0.25, 0.3) is 0 Å². The highest BCUT2D eigenvalue weighted by Crippen LogP contribution is 2.15. The van der Waals surface area contributed by atoms with Crippen molar-refractivity contribution in [2.75, 3.05) is 11.9 Å². The Morgan fingerprint density at radius 2 is 1.29 bits per heavy atom. The molecule has 0 N–H and O–H groups in total. The minimum atomic E-state index is -0.657. The van der Waals surface area contributed by atoms with Crippen LogP contribution >= 0.6 is 15.9 Å². The van der Waals surface area contributed by atoms with Crippen molar-refractivity contribution in [1.29, 1.82) is 0 Å². The topological polar surface area (TPSA) is 55.8 Å². The number of imide groups is 1. The highest BCUT2D eigenvalue weighted by Gasteiger charge is 2.30. The monoisotopic (exact) mass is 365 g/mol. The first kappa shape index (κ1) is 20.2. The quantitative estimate of drug-likeness (QED) is 0.522. The van der Waals surface area contributed by atoms with E-state index in [0.29, 0.717) is 6.54 Å². The molecule has 0 aromatic rings. The van der Waals surface area contributed by atoms with E-state index in [-0.39, 0.29) is 0 Å². The molecular formula is C15H28BrNO4. The maximum Gasteiger partial charge on any atom is 0.419 e. The molecule has 0 saturated heterocycles. The average Bonchev–Trinajstić information content (AvgIpc) is 2.23. The molecule has 0 atom stereocenters. The van der Waals surface area contributed by atoms with E-state index >= 15 is 0 Å². The van der Waals surface area contributed by atoms with Crippen molar-refractivity contribution in [3.05, 3.63) is 0 Å². The number of hydrogen-bond donors (Lipinski definition) is 0. The van der Waals surface area contributed by atoms with Crippen LogP contribution in [-0.2, 0) is 9.47 Å². The second-order valence-corrected chi connectivity index (χ2v) is 7.65. The Labute approximate surface area is 136 Å². The van der Waals surface area contributed by atoms with Gasteiger partial charge < -0.3 is 9.47 Å². The molecule has 5 nitrogen and oxygen atoms in total. The molecule has 0 saturated carbocycles. The third-order valence-electron chi connectivity index (χ3n) is 2.24. The largest absolute Gasteiger partial charge is 0.443 e. The van der Waals surface area contributed by atoms with Gasteiger partial charge in [0, 0.05) is 11.9 Å². The fraction of sp³-hybridized carbons (Fsp3) is 0.867. The molecular weight excluding hydrogens is 338 g/mol. The second-order valence-electron chi connectivity index (χ2n) is 6.86. The summed E-state index contributed by atoms with van der Waals surface area (Å²) >= 11 is 3.36. The lowest BCUT2D eigenvalue weighted by molar-refractivity contribution is 0.00121. The van der Waals surface area contributed by atoms with Gasteiger partial charge in [0.05, 0.1) is 0 Å². The lowest BCUT2D eigenvalue weighted by Crippen LogP contribution is -2.44. The number of amides is 2. The van der Waals surface area contributed by atoms with Gasteiger partial charge in [-0.25, -0.2) is 14.5 Å². The molecule has 124 valence electrons. The summed E-state index contributed by atoms with van der Waals surface area (Å²) in [6.07, 6.45) is 1.33. The van der Waals surface area contributed by atoms with E-state index in [1.807, 2.05) is 0 Å². The predicted octanol–water partition coefficient (Wildman–Crippen LogP) is 4.72. The number of alkyl halides is 1. The molecule has 0 heterocycles. The molecule has 0 aromatic carbocycles. The van der Waals surface area contributed by atoms with Crippen LogP contribution in [0.2, 0.25) is 0 Å². The van der Waals surface area contributed by atoms with Gasteiger partial charge in [-0.3, -0.25) is 0 Å². The molecule has 0 aliphatic heterocycles. The highest BCUT2D eigenvalue weighted by molar-refractivity contribution is 9.09. The first-order valence-electron chi connectivity index (χ1n) is 7.26. The predicted molar refractivity (Wildman–Crippen MR) is 86.8 cm³/mol. The third-order valence-corrected chi connectivity index (χ3v) is 2.80. The molecule has 0 radical (unpaired) electrons. The van der Waals surface area contributed by atoms with Crippen LogP contribution in [0.5, 0.6) is 0 Å². The van der Waals surface area contributed by atoms with Crippen molar-refractivity contribution in [3.8, 4) is 0 Å². The maximum atomic E-state index is 12.1. The number of rotatable bonds is 5. The number of carbonyl (C=O) groups is 2. The van der Waals surface area contributed by atoms with Crippen molar-refractivity contribution < 1.29 is 19.1 Å². The van der Waals surface area contributed by atoms with Gasteiger partial charge >= 0.3 is 12.2 Å². The lowest BCUT2D eigenvalue weighted by atomic mass is 10.2. The normalized spacial score (nSPS) is 12.0. The summed E-state index contributed by atoms with van der Waals surface area (Å²) in [6.45, 7) is 10.9. The standard InChI is InChI=1S/C15H28BrNO4/c1-14(2,3)20-12(18)17(11-9-7-8-10-16)13(19)21-15(4,5)6/h7-11H2,1-6H3. The van der Waals surface area contributed by atoms with Crippen LogP contribution in [-0.4, -0.2) is 40.2 Å². The fourth-order valence-electron chi connectivity index (χ4n) is 1.43. The van der Waals surface area contributed by atoms with Gasteiger partial charge in [0.2, 0.25) is 0 Å². The van der Waals surface area contributed by atoms with Crippen LogP contribution in [0.1, 0.15) is 60.8 Å². The van der Waals surface area contributed by atoms with E-state index in [2.05, 4.69) is 15.9 Å². The Morgan fingerprint density at radius 1 is 0.857 bits per heavy atom. The van der Waals surface area contributed by atoms with Crippen molar-refractivity contribution in [1.82, 2.24) is 4.90 Å². The number of unbranched alkanes of at least 4 members (excludes halogenated alkanes) is 2. The van der Waals surface area contributed by atoms with E-state index in [1.54, 1.807) is 41.5 Å². The molecule has 0 aromatic heterocycles. The second kappa shape index (κ2) is 8.61. The minimum Gasteiger partial charge on any atom is -0.443 e. The molecule has 0 aliphatic rings. The summed E-state index contributed by atoms with van der Waals surface area (Å²) in [5, 5.41) is 0.909. The van der Waals surface area contributed by atoms with Gasteiger partial charge in [-0.1, -0.05) is 22.4 Å². The zero-order chi connectivity index (χ0) is 16.7. The molecule has 0 aliphatic carbocycles. The number of halogens is 1. The van der Waals surface area contributed by atoms with E-state index in [9.17, 15) is 9.59 Å². The molecule has 0 spiro atoms. The lowest BCUT2D eigenvalue weighted by Gasteiger charge is -2.28. The Balaban J connectivity index is 4.75. The van der Waals surface area contributed by atoms with Crippen LogP contribution in [0.4, 0.5) is 9.59 Å². The summed E-state index contributed by atoms with van der Waals surface area (Å²) < 4.78 is 10.5. The Bertz CT molecular complexity index is 317. The van der Waals surface area contributed by atoms with E-state index < -0.39 is 23.4 Å². The zero-order valence-electron chi connectivity index (χ0n) is 14.0. The summed E-state index contributed by atoms with van der Waals surface area (Å²) in [4.78, 5) is 25.3. The van der Waals surface area contributed by atoms with Crippen molar-refractivity contribution in [2.45, 2.75) is 72.0 Å². The Hall–Kier alpha value is -0.780. The van der Waals surface area contributed by atoms with Gasteiger partial charge in [0.25, 0.3) is 0 Å². The van der Waals surface area contributed by atoms with Gasteiger partial charge in [-0.2, -0.15) is 0 Å². The molecule has 0 fully saturated rings. The van der Waals surface area contributed by atoms with Crippen molar-refractivity contribution >= 4 is 28.1 Å². The molecule has 2 amide bonds. The maximum absolute atomic E-state index is 12.1. The first-order valence-corrected chi connectivity index (χ1v) is 8.38. The smallest absolute Gasteiger partial charge is 0.419 e. The van der Waals surface area contributed by atoms with Crippen LogP contribution in [0.3, 0.4) is 0 Å². The summed E-state index contributed by atoms with van der Waals surface area (Å²) in [5.74, 6) is 0. The first-order chi connectivity index (χ1) is 9.46. The van der Waals surface area contributed by atoms with Crippen LogP contribution in [0.15, 0.2) is 0 Å². The SMILES string of the molecule is CC(C)(C)OC(=O)N(CCCCCBr)C(=O)OC(C)(C)C. The van der Waals surface area contributed by atoms with Crippen LogP contribution < -0.4 is 0 Å². The molecule has 0 bridgehead atoms. The van der Waals surface area contributed by atoms with Crippen molar-refractivity contribution in [3.63, 3.8) is 0 Å². The summed E-state index contributed by atoms with van der Waals surface area (Å²) in [6, 6.07) is 0. The molecule has 0 unspecified atom stereocenters. The third kappa shape index (κ3) is 10.6. The van der Waals surface area contributed by atoms with Gasteiger partial charge in [-0.05, 0) is 54.4 Å². The fourth-order valence-corrected chi connectivity index (χ4v) is 1.83. The van der Waals surface area contributed by atoms with Crippen LogP contribution in [0, 0.1) is 0 Å². The number of nitrogens with zero attached hydrogens (tertiary/aromatic N) is 1. The van der Waals surface area contributed by atoms with E-state index in [1.165, 1.54) is 0 Å². The number of ether oxygens (including phenoxy) is 2. The van der Waals surface area contributed by atoms with Crippen molar-refractivity contribution in [2.24, 2.45) is 0 Å². The Kier molecular flexibility index (Phi) is 8.29. The summed E-state index contributed by atoms with van der Waals surface area (Å²) in [7, 11) is 0. The van der Waals surface area contributed by atoms with E-state index in [0.717, 1.165) is 29.5 Å². The zero-order valence-corrected chi connectivity index (χ0v) is 15.6. The number of carbonyl (C=O) groups excluding carboxylic acids is 2. The minimum absolute atomic E-state index is 0.302. The van der Waals surface area contributed by atoms with Gasteiger partial charge in [0.15, 0.2) is 0 Å². The molecule has 21 heavy (non-hydrogen) atoms. The molecule has 6 heteroatoms. The Morgan fingerprint density at radius 3 is 1.62 bits per heavy atom.